The number of fused-ring (bicyclic) bond motifs is 1. The summed E-state index contributed by atoms with van der Waals surface area (Å²) in [5.74, 6) is 1.69. The maximum Gasteiger partial charge on any atom is 0.231 e. The third-order valence-electron chi connectivity index (χ3n) is 5.23. The van der Waals surface area contributed by atoms with Crippen LogP contribution in [0.15, 0.2) is 29.8 Å². The molecule has 1 saturated carbocycles. The highest BCUT2D eigenvalue weighted by Crippen LogP contribution is 2.50. The number of amides is 1. The smallest absolute Gasteiger partial charge is 0.231 e. The van der Waals surface area contributed by atoms with E-state index >= 15 is 0 Å². The number of benzene rings is 1. The van der Waals surface area contributed by atoms with Crippen LogP contribution in [0.25, 0.3) is 0 Å². The molecule has 122 valence electrons. The maximum atomic E-state index is 12.7. The molecular weight excluding hydrogens is 290 g/mol. The lowest BCUT2D eigenvalue weighted by Crippen LogP contribution is -2.35. The fourth-order valence-electron chi connectivity index (χ4n) is 3.60. The first-order valence-electron chi connectivity index (χ1n) is 8.64. The van der Waals surface area contributed by atoms with Crippen molar-refractivity contribution in [2.24, 2.45) is 0 Å². The summed E-state index contributed by atoms with van der Waals surface area (Å²) in [6.07, 6.45) is 10.2. The number of hydrogen-bond donors (Lipinski definition) is 1. The summed E-state index contributed by atoms with van der Waals surface area (Å²) < 4.78 is 10.8. The number of nitrogens with one attached hydrogen (secondary N) is 1. The van der Waals surface area contributed by atoms with Crippen LogP contribution >= 0.6 is 0 Å². The Kier molecular flexibility index (Phi) is 3.76. The van der Waals surface area contributed by atoms with Crippen molar-refractivity contribution < 1.29 is 14.3 Å². The minimum absolute atomic E-state index is 0.160. The fraction of sp³-hybridized carbons (Fsp3) is 0.526. The number of allylic oxidation sites excluding steroid dienone is 1. The van der Waals surface area contributed by atoms with E-state index in [2.05, 4.69) is 11.4 Å². The second-order valence-electron chi connectivity index (χ2n) is 6.76. The van der Waals surface area contributed by atoms with Crippen LogP contribution in [0, 0.1) is 0 Å². The van der Waals surface area contributed by atoms with E-state index in [-0.39, 0.29) is 18.1 Å². The Morgan fingerprint density at radius 3 is 2.83 bits per heavy atom. The van der Waals surface area contributed by atoms with Crippen molar-refractivity contribution in [1.82, 2.24) is 5.32 Å². The first-order chi connectivity index (χ1) is 11.3. The normalized spacial score (nSPS) is 20.8. The SMILES string of the molecule is O=C(NCCC1=CCCCC1)C1(c2ccc3c(c2)OCO3)CC1. The van der Waals surface area contributed by atoms with Crippen LogP contribution in [0.1, 0.15) is 50.5 Å². The molecule has 2 aliphatic carbocycles. The summed E-state index contributed by atoms with van der Waals surface area (Å²) in [5, 5.41) is 3.15. The molecule has 1 aromatic rings. The molecule has 0 unspecified atom stereocenters. The van der Waals surface area contributed by atoms with E-state index in [4.69, 9.17) is 9.47 Å². The molecule has 1 heterocycles. The summed E-state index contributed by atoms with van der Waals surface area (Å²) in [6.45, 7) is 1.02. The molecule has 4 nitrogen and oxygen atoms in total. The van der Waals surface area contributed by atoms with Crippen LogP contribution in [0.2, 0.25) is 0 Å². The molecule has 3 aliphatic rings. The average molecular weight is 313 g/mol. The fourth-order valence-corrected chi connectivity index (χ4v) is 3.60. The Hall–Kier alpha value is -1.97. The molecule has 0 aromatic heterocycles. The van der Waals surface area contributed by atoms with Crippen molar-refractivity contribution in [2.45, 2.75) is 50.4 Å². The highest BCUT2D eigenvalue weighted by Gasteiger charge is 2.51. The largest absolute Gasteiger partial charge is 0.454 e. The van der Waals surface area contributed by atoms with Crippen molar-refractivity contribution in [3.05, 3.63) is 35.4 Å². The zero-order valence-corrected chi connectivity index (χ0v) is 13.4. The van der Waals surface area contributed by atoms with Gasteiger partial charge in [0.15, 0.2) is 11.5 Å². The van der Waals surface area contributed by atoms with E-state index in [1.807, 2.05) is 18.2 Å². The Morgan fingerprint density at radius 2 is 2.04 bits per heavy atom. The molecule has 1 aliphatic heterocycles. The summed E-state index contributed by atoms with van der Waals surface area (Å²) >= 11 is 0. The zero-order valence-electron chi connectivity index (χ0n) is 13.4. The van der Waals surface area contributed by atoms with Gasteiger partial charge >= 0.3 is 0 Å². The standard InChI is InChI=1S/C19H23NO3/c21-18(20-11-8-14-4-2-1-3-5-14)19(9-10-19)15-6-7-16-17(12-15)23-13-22-16/h4,6-7,12H,1-3,5,8-11,13H2,(H,20,21). The maximum absolute atomic E-state index is 12.7. The molecule has 0 saturated heterocycles. The summed E-state index contributed by atoms with van der Waals surface area (Å²) in [6, 6.07) is 5.89. The minimum atomic E-state index is -0.345. The Labute approximate surface area is 136 Å². The van der Waals surface area contributed by atoms with Gasteiger partial charge in [0.1, 0.15) is 0 Å². The number of carbonyl (C=O) groups excluding carboxylic acids is 1. The molecule has 23 heavy (non-hydrogen) atoms. The summed E-state index contributed by atoms with van der Waals surface area (Å²) in [5.41, 5.74) is 2.21. The average Bonchev–Trinajstić information content (AvgIpc) is 3.27. The molecule has 0 atom stereocenters. The van der Waals surface area contributed by atoms with Crippen LogP contribution in [-0.2, 0) is 10.2 Å². The second kappa shape index (κ2) is 5.91. The van der Waals surface area contributed by atoms with E-state index < -0.39 is 0 Å². The minimum Gasteiger partial charge on any atom is -0.454 e. The molecule has 0 radical (unpaired) electrons. The molecule has 1 amide bonds. The third kappa shape index (κ3) is 2.82. The molecule has 0 bridgehead atoms. The van der Waals surface area contributed by atoms with Gasteiger partial charge in [-0.1, -0.05) is 17.7 Å². The predicted molar refractivity (Wildman–Crippen MR) is 87.7 cm³/mol. The van der Waals surface area contributed by atoms with Crippen molar-refractivity contribution in [3.63, 3.8) is 0 Å². The lowest BCUT2D eigenvalue weighted by atomic mass is 9.94. The topological polar surface area (TPSA) is 47.6 Å². The molecule has 0 spiro atoms. The van der Waals surface area contributed by atoms with E-state index in [9.17, 15) is 4.79 Å². The molecule has 1 fully saturated rings. The lowest BCUT2D eigenvalue weighted by Gasteiger charge is -2.17. The Bertz CT molecular complexity index is 646. The Morgan fingerprint density at radius 1 is 1.17 bits per heavy atom. The van der Waals surface area contributed by atoms with Gasteiger partial charge in [0, 0.05) is 6.54 Å². The summed E-state index contributed by atoms with van der Waals surface area (Å²) in [7, 11) is 0. The molecule has 4 heteroatoms. The highest BCUT2D eigenvalue weighted by molar-refractivity contribution is 5.91. The van der Waals surface area contributed by atoms with Crippen molar-refractivity contribution in [2.75, 3.05) is 13.3 Å². The van der Waals surface area contributed by atoms with Gasteiger partial charge in [-0.15, -0.1) is 0 Å². The number of carbonyl (C=O) groups is 1. The second-order valence-corrected chi connectivity index (χ2v) is 6.76. The molecular formula is C19H23NO3. The number of hydrogen-bond acceptors (Lipinski definition) is 3. The number of rotatable bonds is 5. The van der Waals surface area contributed by atoms with Gasteiger partial charge in [0.2, 0.25) is 12.7 Å². The predicted octanol–water partition coefficient (Wildman–Crippen LogP) is 3.45. The van der Waals surface area contributed by atoms with Crippen molar-refractivity contribution >= 4 is 5.91 Å². The van der Waals surface area contributed by atoms with Gasteiger partial charge in [-0.3, -0.25) is 4.79 Å². The third-order valence-corrected chi connectivity index (χ3v) is 5.23. The van der Waals surface area contributed by atoms with Crippen molar-refractivity contribution in [3.8, 4) is 11.5 Å². The van der Waals surface area contributed by atoms with Gasteiger partial charge < -0.3 is 14.8 Å². The lowest BCUT2D eigenvalue weighted by molar-refractivity contribution is -0.123. The highest BCUT2D eigenvalue weighted by atomic mass is 16.7. The molecule has 1 aromatic carbocycles. The molecule has 4 rings (SSSR count). The van der Waals surface area contributed by atoms with Crippen LogP contribution in [0.3, 0.4) is 0 Å². The van der Waals surface area contributed by atoms with Gasteiger partial charge in [-0.2, -0.15) is 0 Å². The van der Waals surface area contributed by atoms with Crippen LogP contribution in [-0.4, -0.2) is 19.2 Å². The molecule has 1 N–H and O–H groups in total. The summed E-state index contributed by atoms with van der Waals surface area (Å²) in [4.78, 5) is 12.7. The van der Waals surface area contributed by atoms with Crippen LogP contribution in [0.5, 0.6) is 11.5 Å². The van der Waals surface area contributed by atoms with E-state index in [0.29, 0.717) is 0 Å². The van der Waals surface area contributed by atoms with Gasteiger partial charge in [0.05, 0.1) is 5.41 Å². The zero-order chi connectivity index (χ0) is 15.7. The first kappa shape index (κ1) is 14.6. The first-order valence-corrected chi connectivity index (χ1v) is 8.64. The quantitative estimate of drug-likeness (QED) is 0.847. The van der Waals surface area contributed by atoms with E-state index in [0.717, 1.165) is 42.9 Å². The van der Waals surface area contributed by atoms with E-state index in [1.54, 1.807) is 0 Å². The monoisotopic (exact) mass is 313 g/mol. The number of ether oxygens (including phenoxy) is 2. The van der Waals surface area contributed by atoms with Gasteiger partial charge in [0.25, 0.3) is 0 Å². The van der Waals surface area contributed by atoms with Crippen molar-refractivity contribution in [1.29, 1.82) is 0 Å². The van der Waals surface area contributed by atoms with Crippen LogP contribution in [0.4, 0.5) is 0 Å². The van der Waals surface area contributed by atoms with Crippen LogP contribution < -0.4 is 14.8 Å². The van der Waals surface area contributed by atoms with E-state index in [1.165, 1.54) is 31.3 Å². The van der Waals surface area contributed by atoms with Gasteiger partial charge in [-0.25, -0.2) is 0 Å². The Balaban J connectivity index is 1.38. The van der Waals surface area contributed by atoms with Gasteiger partial charge in [-0.05, 0) is 62.6 Å².